The van der Waals surface area contributed by atoms with Crippen molar-refractivity contribution < 1.29 is 9.59 Å². The van der Waals surface area contributed by atoms with Gasteiger partial charge in [0.1, 0.15) is 6.54 Å². The van der Waals surface area contributed by atoms with Crippen LogP contribution in [0.15, 0.2) is 53.5 Å². The predicted molar refractivity (Wildman–Crippen MR) is 98.6 cm³/mol. The van der Waals surface area contributed by atoms with E-state index in [-0.39, 0.29) is 30.0 Å². The third kappa shape index (κ3) is 4.81. The highest BCUT2D eigenvalue weighted by Crippen LogP contribution is 2.32. The van der Waals surface area contributed by atoms with Crippen LogP contribution in [-0.4, -0.2) is 22.4 Å². The Morgan fingerprint density at radius 1 is 1.15 bits per heavy atom. The summed E-state index contributed by atoms with van der Waals surface area (Å²) in [5.41, 5.74) is 1.03. The Morgan fingerprint density at radius 3 is 2.58 bits per heavy atom. The van der Waals surface area contributed by atoms with Gasteiger partial charge in [-0.1, -0.05) is 30.3 Å². The molecule has 6 heteroatoms. The number of nitrogens with zero attached hydrogens (tertiary/aromatic N) is 1. The zero-order chi connectivity index (χ0) is 18.5. The summed E-state index contributed by atoms with van der Waals surface area (Å²) in [6.45, 7) is 2.29. The second-order valence-electron chi connectivity index (χ2n) is 6.75. The maximum atomic E-state index is 12.3. The maximum absolute atomic E-state index is 12.3. The van der Waals surface area contributed by atoms with Gasteiger partial charge >= 0.3 is 0 Å². The van der Waals surface area contributed by atoms with Crippen LogP contribution in [-0.2, 0) is 17.9 Å². The van der Waals surface area contributed by atoms with E-state index in [4.69, 9.17) is 0 Å². The Bertz CT molecular complexity index is 841. The molecular weight excluding hydrogens is 330 g/mol. The summed E-state index contributed by atoms with van der Waals surface area (Å²) < 4.78 is 1.27. The minimum atomic E-state index is -0.307. The summed E-state index contributed by atoms with van der Waals surface area (Å²) in [7, 11) is 0. The first-order valence-corrected chi connectivity index (χ1v) is 8.85. The van der Waals surface area contributed by atoms with Gasteiger partial charge in [-0.25, -0.2) is 0 Å². The van der Waals surface area contributed by atoms with Gasteiger partial charge < -0.3 is 15.2 Å². The minimum Gasteiger partial charge on any atom is -0.352 e. The van der Waals surface area contributed by atoms with Crippen LogP contribution in [0.25, 0.3) is 0 Å². The molecule has 1 heterocycles. The van der Waals surface area contributed by atoms with Gasteiger partial charge in [-0.05, 0) is 37.3 Å². The van der Waals surface area contributed by atoms with E-state index in [0.29, 0.717) is 18.0 Å². The lowest BCUT2D eigenvalue weighted by atomic mass is 10.2. The molecule has 136 valence electrons. The van der Waals surface area contributed by atoms with Crippen molar-refractivity contribution in [3.05, 3.63) is 70.1 Å². The lowest BCUT2D eigenvalue weighted by molar-refractivity contribution is -0.122. The molecule has 1 aliphatic carbocycles. The van der Waals surface area contributed by atoms with Crippen molar-refractivity contribution in [3.63, 3.8) is 0 Å². The minimum absolute atomic E-state index is 0.0876. The number of hydrogen-bond donors (Lipinski definition) is 2. The molecule has 0 spiro atoms. The predicted octanol–water partition coefficient (Wildman–Crippen LogP) is 1.69. The molecule has 0 bridgehead atoms. The number of amides is 2. The Hall–Kier alpha value is -2.89. The average Bonchev–Trinajstić information content (AvgIpc) is 3.47. The Kier molecular flexibility index (Phi) is 5.51. The highest BCUT2D eigenvalue weighted by atomic mass is 16.2. The monoisotopic (exact) mass is 353 g/mol. The molecule has 1 saturated carbocycles. The van der Waals surface area contributed by atoms with E-state index in [1.165, 1.54) is 22.9 Å². The molecule has 26 heavy (non-hydrogen) atoms. The van der Waals surface area contributed by atoms with Crippen molar-refractivity contribution in [2.75, 3.05) is 0 Å². The number of carbonyl (C=O) groups excluding carboxylic acids is 2. The molecule has 6 nitrogen and oxygen atoms in total. The molecule has 1 atom stereocenters. The van der Waals surface area contributed by atoms with Crippen LogP contribution in [0, 0.1) is 5.92 Å². The normalized spacial score (nSPS) is 14.5. The SMILES string of the molecule is CC(NC(=O)Cn1cc(C(=O)NCc2ccccc2)ccc1=O)C1CC1. The van der Waals surface area contributed by atoms with Gasteiger partial charge in [0.25, 0.3) is 11.5 Å². The summed E-state index contributed by atoms with van der Waals surface area (Å²) in [5.74, 6) is 0.0495. The van der Waals surface area contributed by atoms with Crippen LogP contribution in [0.4, 0.5) is 0 Å². The van der Waals surface area contributed by atoms with Crippen molar-refractivity contribution in [3.8, 4) is 0 Å². The number of hydrogen-bond acceptors (Lipinski definition) is 3. The highest BCUT2D eigenvalue weighted by molar-refractivity contribution is 5.93. The molecule has 1 fully saturated rings. The first kappa shape index (κ1) is 17.9. The molecule has 0 radical (unpaired) electrons. The van der Waals surface area contributed by atoms with Crippen LogP contribution in [0.2, 0.25) is 0 Å². The molecule has 2 aromatic rings. The molecule has 1 unspecified atom stereocenters. The second kappa shape index (κ2) is 7.99. The first-order chi connectivity index (χ1) is 12.5. The summed E-state index contributed by atoms with van der Waals surface area (Å²) in [6.07, 6.45) is 3.71. The fraction of sp³-hybridized carbons (Fsp3) is 0.350. The summed E-state index contributed by atoms with van der Waals surface area (Å²) in [4.78, 5) is 36.4. The molecule has 0 saturated heterocycles. The number of rotatable bonds is 7. The zero-order valence-electron chi connectivity index (χ0n) is 14.8. The van der Waals surface area contributed by atoms with E-state index < -0.39 is 0 Å². The quantitative estimate of drug-likeness (QED) is 0.795. The van der Waals surface area contributed by atoms with Gasteiger partial charge in [0, 0.05) is 24.8 Å². The standard InChI is InChI=1S/C20H23N3O3/c1-14(16-7-8-16)22-18(24)13-23-12-17(9-10-19(23)25)20(26)21-11-15-5-3-2-4-6-15/h2-6,9-10,12,14,16H,7-8,11,13H2,1H3,(H,21,26)(H,22,24). The van der Waals surface area contributed by atoms with E-state index in [1.54, 1.807) is 0 Å². The Morgan fingerprint density at radius 2 is 1.88 bits per heavy atom. The van der Waals surface area contributed by atoms with E-state index in [9.17, 15) is 14.4 Å². The van der Waals surface area contributed by atoms with Crippen molar-refractivity contribution in [1.29, 1.82) is 0 Å². The van der Waals surface area contributed by atoms with Crippen LogP contribution >= 0.6 is 0 Å². The molecule has 2 N–H and O–H groups in total. The average molecular weight is 353 g/mol. The van der Waals surface area contributed by atoms with Gasteiger partial charge in [-0.2, -0.15) is 0 Å². The molecule has 0 aliphatic heterocycles. The second-order valence-corrected chi connectivity index (χ2v) is 6.75. The van der Waals surface area contributed by atoms with Crippen LogP contribution in [0.1, 0.15) is 35.7 Å². The van der Waals surface area contributed by atoms with E-state index >= 15 is 0 Å². The number of aromatic nitrogens is 1. The van der Waals surface area contributed by atoms with Gasteiger partial charge in [-0.15, -0.1) is 0 Å². The third-order valence-electron chi connectivity index (χ3n) is 4.57. The van der Waals surface area contributed by atoms with Crippen LogP contribution in [0.5, 0.6) is 0 Å². The zero-order valence-corrected chi connectivity index (χ0v) is 14.8. The van der Waals surface area contributed by atoms with Crippen molar-refractivity contribution in [1.82, 2.24) is 15.2 Å². The highest BCUT2D eigenvalue weighted by Gasteiger charge is 2.28. The van der Waals surface area contributed by atoms with Crippen molar-refractivity contribution in [2.45, 2.75) is 38.9 Å². The van der Waals surface area contributed by atoms with Crippen LogP contribution < -0.4 is 16.2 Å². The third-order valence-corrected chi connectivity index (χ3v) is 4.57. The molecular formula is C20H23N3O3. The number of carbonyl (C=O) groups is 2. The fourth-order valence-corrected chi connectivity index (χ4v) is 2.84. The van der Waals surface area contributed by atoms with Crippen molar-refractivity contribution in [2.24, 2.45) is 5.92 Å². The topological polar surface area (TPSA) is 80.2 Å². The molecule has 1 aliphatic rings. The Balaban J connectivity index is 1.61. The summed E-state index contributed by atoms with van der Waals surface area (Å²) >= 11 is 0. The summed E-state index contributed by atoms with van der Waals surface area (Å²) in [6, 6.07) is 12.5. The largest absolute Gasteiger partial charge is 0.352 e. The van der Waals surface area contributed by atoms with Gasteiger partial charge in [0.15, 0.2) is 0 Å². The van der Waals surface area contributed by atoms with Crippen LogP contribution in [0.3, 0.4) is 0 Å². The molecule has 1 aromatic heterocycles. The summed E-state index contributed by atoms with van der Waals surface area (Å²) in [5, 5.41) is 5.73. The fourth-order valence-electron chi connectivity index (χ4n) is 2.84. The Labute approximate surface area is 152 Å². The lowest BCUT2D eigenvalue weighted by Gasteiger charge is -2.14. The molecule has 3 rings (SSSR count). The molecule has 1 aromatic carbocycles. The first-order valence-electron chi connectivity index (χ1n) is 8.85. The number of pyridine rings is 1. The molecule has 2 amide bonds. The number of benzene rings is 1. The van der Waals surface area contributed by atoms with E-state index in [1.807, 2.05) is 37.3 Å². The number of nitrogens with one attached hydrogen (secondary N) is 2. The lowest BCUT2D eigenvalue weighted by Crippen LogP contribution is -2.38. The van der Waals surface area contributed by atoms with E-state index in [2.05, 4.69) is 10.6 Å². The maximum Gasteiger partial charge on any atom is 0.253 e. The smallest absolute Gasteiger partial charge is 0.253 e. The van der Waals surface area contributed by atoms with Gasteiger partial charge in [0.2, 0.25) is 5.91 Å². The van der Waals surface area contributed by atoms with E-state index in [0.717, 1.165) is 18.4 Å². The van der Waals surface area contributed by atoms with Gasteiger partial charge in [0.05, 0.1) is 5.56 Å². The van der Waals surface area contributed by atoms with Crippen molar-refractivity contribution >= 4 is 11.8 Å². The van der Waals surface area contributed by atoms with Gasteiger partial charge in [-0.3, -0.25) is 14.4 Å².